The van der Waals surface area contributed by atoms with Crippen molar-refractivity contribution in [2.24, 2.45) is 0 Å². The van der Waals surface area contributed by atoms with Crippen LogP contribution in [-0.4, -0.2) is 28.9 Å². The number of aromatic carboxylic acids is 1. The molecule has 2 heterocycles. The molecule has 2 fully saturated rings. The molecular formula is C15H17FO4. The van der Waals surface area contributed by atoms with Gasteiger partial charge in [-0.05, 0) is 37.5 Å². The van der Waals surface area contributed by atoms with Gasteiger partial charge in [-0.1, -0.05) is 6.92 Å². The highest BCUT2D eigenvalue weighted by Crippen LogP contribution is 2.46. The minimum atomic E-state index is -1.09. The Labute approximate surface area is 116 Å². The molecule has 1 aromatic carbocycles. The van der Waals surface area contributed by atoms with Gasteiger partial charge in [-0.2, -0.15) is 0 Å². The van der Waals surface area contributed by atoms with Crippen LogP contribution in [0.4, 0.5) is 4.39 Å². The monoisotopic (exact) mass is 280 g/mol. The molecule has 0 spiro atoms. The average molecular weight is 280 g/mol. The van der Waals surface area contributed by atoms with Gasteiger partial charge in [0.1, 0.15) is 5.60 Å². The van der Waals surface area contributed by atoms with E-state index in [2.05, 4.69) is 0 Å². The summed E-state index contributed by atoms with van der Waals surface area (Å²) in [5, 5.41) is 8.98. The Kier molecular flexibility index (Phi) is 3.17. The van der Waals surface area contributed by atoms with E-state index in [1.54, 1.807) is 0 Å². The first kappa shape index (κ1) is 13.4. The molecule has 1 N–H and O–H groups in total. The molecule has 0 aromatic heterocycles. The highest BCUT2D eigenvalue weighted by Gasteiger charge is 2.53. The van der Waals surface area contributed by atoms with E-state index in [1.165, 1.54) is 12.1 Å². The lowest BCUT2D eigenvalue weighted by Crippen LogP contribution is -2.45. The molecule has 2 aliphatic rings. The third kappa shape index (κ3) is 2.06. The number of carboxylic acids is 1. The molecule has 0 saturated carbocycles. The number of hydrogen-bond acceptors (Lipinski definition) is 3. The molecule has 2 aliphatic heterocycles. The number of carboxylic acid groups (broad SMARTS) is 1. The second kappa shape index (κ2) is 4.74. The maximum Gasteiger partial charge on any atom is 0.335 e. The number of halogens is 1. The summed E-state index contributed by atoms with van der Waals surface area (Å²) >= 11 is 0. The van der Waals surface area contributed by atoms with Crippen molar-refractivity contribution in [2.75, 3.05) is 0 Å². The van der Waals surface area contributed by atoms with Crippen molar-refractivity contribution in [2.45, 2.75) is 50.4 Å². The van der Waals surface area contributed by atoms with Gasteiger partial charge in [0.05, 0.1) is 17.8 Å². The topological polar surface area (TPSA) is 55.8 Å². The highest BCUT2D eigenvalue weighted by atomic mass is 19.1. The van der Waals surface area contributed by atoms with Gasteiger partial charge in [-0.15, -0.1) is 0 Å². The molecule has 3 rings (SSSR count). The van der Waals surface area contributed by atoms with Crippen molar-refractivity contribution in [3.8, 4) is 5.75 Å². The number of carbonyl (C=O) groups is 1. The molecule has 1 aromatic rings. The average Bonchev–Trinajstić information content (AvgIpc) is 3.02. The Balaban J connectivity index is 1.90. The maximum absolute atomic E-state index is 13.9. The summed E-state index contributed by atoms with van der Waals surface area (Å²) in [6, 6.07) is 3.62. The SMILES string of the molecule is CCC1(Oc2cc(C(=O)O)ccc2F)CC2CCC1O2. The molecule has 4 nitrogen and oxygen atoms in total. The first-order chi connectivity index (χ1) is 9.54. The standard InChI is InChI=1S/C15H17FO4/c1-2-15(8-10-4-6-13(15)19-10)20-12-7-9(14(17)18)3-5-11(12)16/h3,5,7,10,13H,2,4,6,8H2,1H3,(H,17,18). The van der Waals surface area contributed by atoms with Crippen LogP contribution in [0, 0.1) is 5.82 Å². The first-order valence-electron chi connectivity index (χ1n) is 6.91. The van der Waals surface area contributed by atoms with E-state index >= 15 is 0 Å². The quantitative estimate of drug-likeness (QED) is 0.921. The Morgan fingerprint density at radius 1 is 1.55 bits per heavy atom. The highest BCUT2D eigenvalue weighted by molar-refractivity contribution is 5.88. The normalized spacial score (nSPS) is 31.5. The van der Waals surface area contributed by atoms with Gasteiger partial charge in [-0.25, -0.2) is 9.18 Å². The lowest BCUT2D eigenvalue weighted by atomic mass is 9.82. The van der Waals surface area contributed by atoms with E-state index in [0.29, 0.717) is 6.42 Å². The number of hydrogen-bond donors (Lipinski definition) is 1. The van der Waals surface area contributed by atoms with E-state index < -0.39 is 17.4 Å². The van der Waals surface area contributed by atoms with E-state index in [1.807, 2.05) is 6.92 Å². The second-order valence-corrected chi connectivity index (χ2v) is 5.50. The third-order valence-electron chi connectivity index (χ3n) is 4.36. The van der Waals surface area contributed by atoms with Crippen LogP contribution in [0.15, 0.2) is 18.2 Å². The number of ether oxygens (including phenoxy) is 2. The molecule has 5 heteroatoms. The third-order valence-corrected chi connectivity index (χ3v) is 4.36. The lowest BCUT2D eigenvalue weighted by Gasteiger charge is -2.35. The van der Waals surface area contributed by atoms with Crippen molar-refractivity contribution in [1.29, 1.82) is 0 Å². The van der Waals surface area contributed by atoms with Crippen molar-refractivity contribution in [3.05, 3.63) is 29.6 Å². The van der Waals surface area contributed by atoms with Gasteiger partial charge in [0.2, 0.25) is 0 Å². The molecule has 0 aliphatic carbocycles. The second-order valence-electron chi connectivity index (χ2n) is 5.50. The maximum atomic E-state index is 13.9. The fourth-order valence-corrected chi connectivity index (χ4v) is 3.24. The Hall–Kier alpha value is -1.62. The van der Waals surface area contributed by atoms with Crippen LogP contribution in [0.1, 0.15) is 43.0 Å². The Morgan fingerprint density at radius 2 is 2.35 bits per heavy atom. The minimum Gasteiger partial charge on any atom is -0.481 e. The van der Waals surface area contributed by atoms with Gasteiger partial charge in [-0.3, -0.25) is 0 Å². The van der Waals surface area contributed by atoms with Crippen LogP contribution in [0.25, 0.3) is 0 Å². The van der Waals surface area contributed by atoms with Gasteiger partial charge < -0.3 is 14.6 Å². The summed E-state index contributed by atoms with van der Waals surface area (Å²) in [6.07, 6.45) is 3.55. The number of fused-ring (bicyclic) bond motifs is 2. The molecular weight excluding hydrogens is 263 g/mol. The van der Waals surface area contributed by atoms with Crippen LogP contribution >= 0.6 is 0 Å². The van der Waals surface area contributed by atoms with Crippen LogP contribution in [-0.2, 0) is 4.74 Å². The minimum absolute atomic E-state index is 0.00269. The zero-order chi connectivity index (χ0) is 14.3. The predicted octanol–water partition coefficient (Wildman–Crippen LogP) is 3.00. The zero-order valence-corrected chi connectivity index (χ0v) is 11.3. The molecule has 0 amide bonds. The van der Waals surface area contributed by atoms with Crippen LogP contribution < -0.4 is 4.74 Å². The summed E-state index contributed by atoms with van der Waals surface area (Å²) in [6.45, 7) is 1.99. The van der Waals surface area contributed by atoms with Gasteiger partial charge in [0.15, 0.2) is 11.6 Å². The fraction of sp³-hybridized carbons (Fsp3) is 0.533. The number of rotatable bonds is 4. The molecule has 3 unspecified atom stereocenters. The summed E-state index contributed by atoms with van der Waals surface area (Å²) in [7, 11) is 0. The Bertz CT molecular complexity index is 545. The van der Waals surface area contributed by atoms with Gasteiger partial charge >= 0.3 is 5.97 Å². The molecule has 108 valence electrons. The van der Waals surface area contributed by atoms with Gasteiger partial charge in [0, 0.05) is 6.42 Å². The largest absolute Gasteiger partial charge is 0.481 e. The summed E-state index contributed by atoms with van der Waals surface area (Å²) in [5.41, 5.74) is -0.502. The van der Waals surface area contributed by atoms with E-state index in [9.17, 15) is 9.18 Å². The van der Waals surface area contributed by atoms with Gasteiger partial charge in [0.25, 0.3) is 0 Å². The molecule has 3 atom stereocenters. The summed E-state index contributed by atoms with van der Waals surface area (Å²) < 4.78 is 25.6. The molecule has 2 bridgehead atoms. The first-order valence-corrected chi connectivity index (χ1v) is 6.91. The van der Waals surface area contributed by atoms with Crippen molar-refractivity contribution >= 4 is 5.97 Å². The van der Waals surface area contributed by atoms with Crippen LogP contribution in [0.5, 0.6) is 5.75 Å². The number of benzene rings is 1. The van der Waals surface area contributed by atoms with Crippen LogP contribution in [0.3, 0.4) is 0 Å². The van der Waals surface area contributed by atoms with E-state index in [4.69, 9.17) is 14.6 Å². The van der Waals surface area contributed by atoms with Crippen molar-refractivity contribution < 1.29 is 23.8 Å². The van der Waals surface area contributed by atoms with Crippen LogP contribution in [0.2, 0.25) is 0 Å². The van der Waals surface area contributed by atoms with Crippen molar-refractivity contribution in [1.82, 2.24) is 0 Å². The molecule has 0 radical (unpaired) electrons. The van der Waals surface area contributed by atoms with E-state index in [0.717, 1.165) is 25.3 Å². The summed E-state index contributed by atoms with van der Waals surface area (Å²) in [4.78, 5) is 11.0. The fourth-order valence-electron chi connectivity index (χ4n) is 3.24. The predicted molar refractivity (Wildman–Crippen MR) is 69.5 cm³/mol. The summed E-state index contributed by atoms with van der Waals surface area (Å²) in [5.74, 6) is -1.63. The smallest absolute Gasteiger partial charge is 0.335 e. The Morgan fingerprint density at radius 3 is 2.90 bits per heavy atom. The van der Waals surface area contributed by atoms with Crippen molar-refractivity contribution in [3.63, 3.8) is 0 Å². The zero-order valence-electron chi connectivity index (χ0n) is 11.3. The molecule has 20 heavy (non-hydrogen) atoms. The van der Waals surface area contributed by atoms with E-state index in [-0.39, 0.29) is 23.5 Å². The lowest BCUT2D eigenvalue weighted by molar-refractivity contribution is -0.0136. The molecule has 2 saturated heterocycles.